The molecule has 1 aliphatic heterocycles. The third-order valence-electron chi connectivity index (χ3n) is 5.52. The smallest absolute Gasteiger partial charge is 0.255 e. The SMILES string of the molecule is COc1ccc(C=Cc2nc(C#N)c(N3CCN(C(=O)c4ccccc4Cl)CC3)o2)cc1OC. The highest BCUT2D eigenvalue weighted by atomic mass is 35.5. The van der Waals surface area contributed by atoms with Gasteiger partial charge in [0.25, 0.3) is 5.91 Å². The Morgan fingerprint density at radius 1 is 1.09 bits per heavy atom. The van der Waals surface area contributed by atoms with Crippen molar-refractivity contribution in [3.63, 3.8) is 0 Å². The van der Waals surface area contributed by atoms with Crippen molar-refractivity contribution in [3.8, 4) is 17.6 Å². The summed E-state index contributed by atoms with van der Waals surface area (Å²) in [6, 6.07) is 14.6. The van der Waals surface area contributed by atoms with Crippen LogP contribution in [0.15, 0.2) is 46.9 Å². The molecule has 0 radical (unpaired) electrons. The molecule has 0 saturated carbocycles. The molecule has 2 heterocycles. The number of hydrogen-bond donors (Lipinski definition) is 0. The Bertz CT molecular complexity index is 1260. The van der Waals surface area contributed by atoms with Gasteiger partial charge < -0.3 is 23.7 Å². The van der Waals surface area contributed by atoms with Gasteiger partial charge in [0.15, 0.2) is 11.5 Å². The molecule has 0 N–H and O–H groups in total. The van der Waals surface area contributed by atoms with E-state index in [9.17, 15) is 10.1 Å². The van der Waals surface area contributed by atoms with Gasteiger partial charge in [-0.15, -0.1) is 0 Å². The number of ether oxygens (including phenoxy) is 2. The van der Waals surface area contributed by atoms with Gasteiger partial charge in [0.05, 0.1) is 24.8 Å². The number of halogens is 1. The van der Waals surface area contributed by atoms with Gasteiger partial charge in [0.1, 0.15) is 6.07 Å². The third-order valence-corrected chi connectivity index (χ3v) is 5.85. The highest BCUT2D eigenvalue weighted by molar-refractivity contribution is 6.33. The monoisotopic (exact) mass is 478 g/mol. The van der Waals surface area contributed by atoms with Crippen LogP contribution in [0.5, 0.6) is 11.5 Å². The average Bonchev–Trinajstić information content (AvgIpc) is 3.30. The Balaban J connectivity index is 1.45. The van der Waals surface area contributed by atoms with Crippen LogP contribution in [0.3, 0.4) is 0 Å². The van der Waals surface area contributed by atoms with Gasteiger partial charge in [-0.1, -0.05) is 29.8 Å². The normalized spacial score (nSPS) is 13.7. The number of nitriles is 1. The Morgan fingerprint density at radius 2 is 1.82 bits per heavy atom. The molecule has 3 aromatic rings. The topological polar surface area (TPSA) is 91.8 Å². The van der Waals surface area contributed by atoms with E-state index in [0.717, 1.165) is 5.56 Å². The molecular weight excluding hydrogens is 456 g/mol. The van der Waals surface area contributed by atoms with Crippen molar-refractivity contribution in [2.24, 2.45) is 0 Å². The lowest BCUT2D eigenvalue weighted by atomic mass is 10.2. The van der Waals surface area contributed by atoms with Gasteiger partial charge in [-0.25, -0.2) is 0 Å². The number of aromatic nitrogens is 1. The highest BCUT2D eigenvalue weighted by Crippen LogP contribution is 2.29. The molecule has 0 unspecified atom stereocenters. The van der Waals surface area contributed by atoms with Gasteiger partial charge in [-0.05, 0) is 35.9 Å². The van der Waals surface area contributed by atoms with Crippen LogP contribution in [0.1, 0.15) is 27.5 Å². The van der Waals surface area contributed by atoms with Crippen molar-refractivity contribution in [3.05, 3.63) is 70.2 Å². The summed E-state index contributed by atoms with van der Waals surface area (Å²) in [7, 11) is 3.16. The molecule has 0 aliphatic carbocycles. The first kappa shape index (κ1) is 23.2. The van der Waals surface area contributed by atoms with Crippen molar-refractivity contribution in [2.75, 3.05) is 45.3 Å². The largest absolute Gasteiger partial charge is 0.493 e. The predicted molar refractivity (Wildman–Crippen MR) is 129 cm³/mol. The number of rotatable bonds is 6. The van der Waals surface area contributed by atoms with Gasteiger partial charge in [0.2, 0.25) is 17.5 Å². The standard InChI is InChI=1S/C25H23ClN4O4/c1-32-21-9-7-17(15-22(21)33-2)8-10-23-28-20(16-27)25(34-23)30-13-11-29(12-14-30)24(31)18-5-3-4-6-19(18)26/h3-10,15H,11-14H2,1-2H3. The second kappa shape index (κ2) is 10.3. The Kier molecular flexibility index (Phi) is 7.04. The van der Waals surface area contributed by atoms with Crippen LogP contribution in [0.25, 0.3) is 12.2 Å². The number of hydrogen-bond acceptors (Lipinski definition) is 7. The van der Waals surface area contributed by atoms with Gasteiger partial charge in [-0.3, -0.25) is 4.79 Å². The number of methoxy groups -OCH3 is 2. The summed E-state index contributed by atoms with van der Waals surface area (Å²) in [6.45, 7) is 1.98. The summed E-state index contributed by atoms with van der Waals surface area (Å²) in [5, 5.41) is 9.99. The van der Waals surface area contributed by atoms with E-state index in [2.05, 4.69) is 11.1 Å². The molecule has 1 aliphatic rings. The lowest BCUT2D eigenvalue weighted by Gasteiger charge is -2.34. The van der Waals surface area contributed by atoms with Crippen LogP contribution in [-0.4, -0.2) is 56.2 Å². The lowest BCUT2D eigenvalue weighted by Crippen LogP contribution is -2.49. The average molecular weight is 479 g/mol. The first-order chi connectivity index (χ1) is 16.5. The fourth-order valence-corrected chi connectivity index (χ4v) is 3.94. The maximum atomic E-state index is 12.8. The first-order valence-electron chi connectivity index (χ1n) is 10.6. The molecule has 8 nitrogen and oxygen atoms in total. The van der Waals surface area contributed by atoms with Crippen LogP contribution in [0, 0.1) is 11.3 Å². The fraction of sp³-hybridized carbons (Fsp3) is 0.240. The van der Waals surface area contributed by atoms with Crippen LogP contribution >= 0.6 is 11.6 Å². The zero-order valence-electron chi connectivity index (χ0n) is 18.8. The van der Waals surface area contributed by atoms with E-state index in [1.54, 1.807) is 49.5 Å². The van der Waals surface area contributed by atoms with E-state index < -0.39 is 0 Å². The number of carbonyl (C=O) groups excluding carboxylic acids is 1. The molecule has 174 valence electrons. The molecule has 1 aromatic heterocycles. The van der Waals surface area contributed by atoms with Crippen LogP contribution < -0.4 is 14.4 Å². The van der Waals surface area contributed by atoms with Crippen LogP contribution in [0.2, 0.25) is 5.02 Å². The number of nitrogens with zero attached hydrogens (tertiary/aromatic N) is 4. The summed E-state index contributed by atoms with van der Waals surface area (Å²) >= 11 is 6.17. The number of oxazole rings is 1. The minimum Gasteiger partial charge on any atom is -0.493 e. The quantitative estimate of drug-likeness (QED) is 0.520. The minimum absolute atomic E-state index is 0.109. The number of benzene rings is 2. The fourth-order valence-electron chi connectivity index (χ4n) is 3.73. The van der Waals surface area contributed by atoms with Crippen molar-refractivity contribution in [1.29, 1.82) is 5.26 Å². The number of piperazine rings is 1. The zero-order chi connectivity index (χ0) is 24.1. The molecule has 1 amide bonds. The van der Waals surface area contributed by atoms with E-state index in [-0.39, 0.29) is 11.6 Å². The molecule has 1 fully saturated rings. The summed E-state index contributed by atoms with van der Waals surface area (Å²) < 4.78 is 16.5. The Morgan fingerprint density at radius 3 is 2.50 bits per heavy atom. The highest BCUT2D eigenvalue weighted by Gasteiger charge is 2.27. The van der Waals surface area contributed by atoms with Gasteiger partial charge >= 0.3 is 0 Å². The lowest BCUT2D eigenvalue weighted by molar-refractivity contribution is 0.0745. The van der Waals surface area contributed by atoms with Crippen LogP contribution in [-0.2, 0) is 0 Å². The molecule has 4 rings (SSSR count). The van der Waals surface area contributed by atoms with E-state index in [1.165, 1.54) is 0 Å². The Hall–Kier alpha value is -3.96. The van der Waals surface area contributed by atoms with Crippen molar-refractivity contribution in [2.45, 2.75) is 0 Å². The van der Waals surface area contributed by atoms with Crippen molar-refractivity contribution >= 4 is 35.5 Å². The molecular formula is C25H23ClN4O4. The molecule has 0 atom stereocenters. The molecule has 2 aromatic carbocycles. The van der Waals surface area contributed by atoms with E-state index in [1.807, 2.05) is 29.2 Å². The first-order valence-corrected chi connectivity index (χ1v) is 11.0. The minimum atomic E-state index is -0.109. The van der Waals surface area contributed by atoms with Crippen molar-refractivity contribution in [1.82, 2.24) is 9.88 Å². The zero-order valence-corrected chi connectivity index (χ0v) is 19.6. The van der Waals surface area contributed by atoms with E-state index in [4.69, 9.17) is 25.5 Å². The summed E-state index contributed by atoms with van der Waals surface area (Å²) in [5.74, 6) is 1.86. The second-order valence-electron chi connectivity index (χ2n) is 7.52. The maximum absolute atomic E-state index is 12.8. The van der Waals surface area contributed by atoms with E-state index >= 15 is 0 Å². The predicted octanol–water partition coefficient (Wildman–Crippen LogP) is 4.35. The molecule has 1 saturated heterocycles. The number of amides is 1. The molecule has 0 bridgehead atoms. The molecule has 9 heteroatoms. The molecule has 0 spiro atoms. The van der Waals surface area contributed by atoms with Crippen molar-refractivity contribution < 1.29 is 18.7 Å². The van der Waals surface area contributed by atoms with Gasteiger partial charge in [-0.2, -0.15) is 10.2 Å². The summed E-state index contributed by atoms with van der Waals surface area (Å²) in [6.07, 6.45) is 3.52. The second-order valence-corrected chi connectivity index (χ2v) is 7.93. The summed E-state index contributed by atoms with van der Waals surface area (Å²) in [4.78, 5) is 20.8. The van der Waals surface area contributed by atoms with Gasteiger partial charge in [0, 0.05) is 32.3 Å². The Labute approximate surface area is 202 Å². The third kappa shape index (κ3) is 4.85. The van der Waals surface area contributed by atoms with E-state index in [0.29, 0.717) is 60.0 Å². The molecule has 34 heavy (non-hydrogen) atoms. The summed E-state index contributed by atoms with van der Waals surface area (Å²) in [5.41, 5.74) is 1.55. The number of anilines is 1. The number of carbonyl (C=O) groups is 1. The van der Waals surface area contributed by atoms with Crippen LogP contribution in [0.4, 0.5) is 5.88 Å². The maximum Gasteiger partial charge on any atom is 0.255 e.